The Balaban J connectivity index is 1.54. The number of carbonyl (C=O) groups is 3. The minimum Gasteiger partial charge on any atom is -0.455 e. The number of benzene rings is 2. The van der Waals surface area contributed by atoms with Gasteiger partial charge in [-0.05, 0) is 49.2 Å². The van der Waals surface area contributed by atoms with E-state index in [2.05, 4.69) is 5.32 Å². The SMILES string of the molecule is Cc1cc(C)cc(NC(=O)COC(=O)[C@H]2CC(=O)N(c3ccccc3Cl)C2)c1. The molecule has 0 unspecified atom stereocenters. The van der Waals surface area contributed by atoms with Crippen molar-refractivity contribution in [1.29, 1.82) is 0 Å². The van der Waals surface area contributed by atoms with Crippen molar-refractivity contribution in [2.75, 3.05) is 23.4 Å². The molecule has 0 aromatic heterocycles. The third kappa shape index (κ3) is 4.70. The number of para-hydroxylation sites is 1. The first-order valence-corrected chi connectivity index (χ1v) is 9.31. The van der Waals surface area contributed by atoms with E-state index < -0.39 is 24.4 Å². The maximum absolute atomic E-state index is 12.3. The molecule has 0 aliphatic carbocycles. The first kappa shape index (κ1) is 19.9. The Morgan fingerprint density at radius 3 is 2.54 bits per heavy atom. The monoisotopic (exact) mass is 400 g/mol. The molecule has 28 heavy (non-hydrogen) atoms. The Hall–Kier alpha value is -2.86. The average Bonchev–Trinajstić information content (AvgIpc) is 3.01. The number of aryl methyl sites for hydroxylation is 2. The molecule has 6 nitrogen and oxygen atoms in total. The van der Waals surface area contributed by atoms with E-state index in [1.165, 1.54) is 4.90 Å². The largest absolute Gasteiger partial charge is 0.455 e. The van der Waals surface area contributed by atoms with E-state index in [-0.39, 0.29) is 18.9 Å². The topological polar surface area (TPSA) is 75.7 Å². The molecule has 1 fully saturated rings. The van der Waals surface area contributed by atoms with Crippen LogP contribution >= 0.6 is 11.6 Å². The number of esters is 1. The van der Waals surface area contributed by atoms with Crippen molar-refractivity contribution in [3.63, 3.8) is 0 Å². The molecule has 2 aromatic rings. The molecular weight excluding hydrogens is 380 g/mol. The van der Waals surface area contributed by atoms with Gasteiger partial charge in [-0.2, -0.15) is 0 Å². The third-order valence-corrected chi connectivity index (χ3v) is 4.77. The molecule has 1 N–H and O–H groups in total. The van der Waals surface area contributed by atoms with Crippen molar-refractivity contribution in [1.82, 2.24) is 0 Å². The van der Waals surface area contributed by atoms with Gasteiger partial charge < -0.3 is 15.0 Å². The van der Waals surface area contributed by atoms with Gasteiger partial charge in [0.25, 0.3) is 5.91 Å². The first-order chi connectivity index (χ1) is 13.3. The molecule has 146 valence electrons. The molecule has 0 radical (unpaired) electrons. The average molecular weight is 401 g/mol. The molecule has 0 spiro atoms. The lowest BCUT2D eigenvalue weighted by Crippen LogP contribution is -2.28. The van der Waals surface area contributed by atoms with E-state index in [0.29, 0.717) is 16.4 Å². The van der Waals surface area contributed by atoms with Crippen molar-refractivity contribution >= 4 is 40.8 Å². The smallest absolute Gasteiger partial charge is 0.311 e. The third-order valence-electron chi connectivity index (χ3n) is 4.45. The number of hydrogen-bond donors (Lipinski definition) is 1. The fourth-order valence-corrected chi connectivity index (χ4v) is 3.51. The van der Waals surface area contributed by atoms with E-state index >= 15 is 0 Å². The van der Waals surface area contributed by atoms with Crippen LogP contribution in [0.25, 0.3) is 0 Å². The molecule has 1 heterocycles. The second-order valence-electron chi connectivity index (χ2n) is 6.89. The molecule has 1 saturated heterocycles. The van der Waals surface area contributed by atoms with Gasteiger partial charge in [-0.1, -0.05) is 29.8 Å². The fourth-order valence-electron chi connectivity index (χ4n) is 3.27. The molecule has 0 bridgehead atoms. The highest BCUT2D eigenvalue weighted by Crippen LogP contribution is 2.31. The predicted molar refractivity (Wildman–Crippen MR) is 107 cm³/mol. The Labute approximate surface area is 168 Å². The summed E-state index contributed by atoms with van der Waals surface area (Å²) in [5, 5.41) is 3.15. The molecule has 2 amide bonds. The van der Waals surface area contributed by atoms with Crippen LogP contribution in [0.15, 0.2) is 42.5 Å². The number of halogens is 1. The minimum atomic E-state index is -0.627. The number of rotatable bonds is 5. The quantitative estimate of drug-likeness (QED) is 0.779. The zero-order chi connectivity index (χ0) is 20.3. The zero-order valence-corrected chi connectivity index (χ0v) is 16.5. The van der Waals surface area contributed by atoms with Crippen LogP contribution in [-0.4, -0.2) is 30.9 Å². The lowest BCUT2D eigenvalue weighted by atomic mass is 10.1. The Kier molecular flexibility index (Phi) is 5.99. The molecule has 7 heteroatoms. The number of carbonyl (C=O) groups excluding carboxylic acids is 3. The van der Waals surface area contributed by atoms with Crippen LogP contribution in [0.4, 0.5) is 11.4 Å². The van der Waals surface area contributed by atoms with E-state index in [1.54, 1.807) is 24.3 Å². The lowest BCUT2D eigenvalue weighted by molar-refractivity contribution is -0.151. The van der Waals surface area contributed by atoms with Crippen molar-refractivity contribution in [2.45, 2.75) is 20.3 Å². The lowest BCUT2D eigenvalue weighted by Gasteiger charge is -2.17. The summed E-state index contributed by atoms with van der Waals surface area (Å²) in [5.74, 6) is -1.82. The van der Waals surface area contributed by atoms with Crippen LogP contribution in [0.2, 0.25) is 5.02 Å². The van der Waals surface area contributed by atoms with E-state index in [4.69, 9.17) is 16.3 Å². The number of amides is 2. The molecule has 1 aliphatic heterocycles. The summed E-state index contributed by atoms with van der Waals surface area (Å²) >= 11 is 6.14. The van der Waals surface area contributed by atoms with Crippen molar-refractivity contribution in [2.24, 2.45) is 5.92 Å². The molecule has 3 rings (SSSR count). The highest BCUT2D eigenvalue weighted by molar-refractivity contribution is 6.33. The van der Waals surface area contributed by atoms with Gasteiger partial charge in [0.2, 0.25) is 5.91 Å². The summed E-state index contributed by atoms with van der Waals surface area (Å²) in [5.41, 5.74) is 3.27. The molecule has 1 aliphatic rings. The molecule has 2 aromatic carbocycles. The summed E-state index contributed by atoms with van der Waals surface area (Å²) in [4.78, 5) is 38.1. The maximum atomic E-state index is 12.3. The van der Waals surface area contributed by atoms with Crippen LogP contribution < -0.4 is 10.2 Å². The Morgan fingerprint density at radius 1 is 1.18 bits per heavy atom. The Bertz CT molecular complexity index is 908. The number of anilines is 2. The van der Waals surface area contributed by atoms with Crippen LogP contribution in [0.1, 0.15) is 17.5 Å². The van der Waals surface area contributed by atoms with Gasteiger partial charge in [0.05, 0.1) is 16.6 Å². The number of hydrogen-bond acceptors (Lipinski definition) is 4. The van der Waals surface area contributed by atoms with Crippen molar-refractivity contribution in [3.8, 4) is 0 Å². The Morgan fingerprint density at radius 2 is 1.86 bits per heavy atom. The summed E-state index contributed by atoms with van der Waals surface area (Å²) in [6.07, 6.45) is 0.0305. The fraction of sp³-hybridized carbons (Fsp3) is 0.286. The summed E-state index contributed by atoms with van der Waals surface area (Å²) in [6, 6.07) is 12.6. The molecular formula is C21H21ClN2O4. The number of nitrogens with zero attached hydrogens (tertiary/aromatic N) is 1. The van der Waals surface area contributed by atoms with Crippen LogP contribution in [-0.2, 0) is 19.1 Å². The standard InChI is InChI=1S/C21H21ClN2O4/c1-13-7-14(2)9-16(8-13)23-19(25)12-28-21(27)15-10-20(26)24(11-15)18-6-4-3-5-17(18)22/h3-9,15H,10-12H2,1-2H3,(H,23,25)/t15-/m0/s1. The van der Waals surface area contributed by atoms with Gasteiger partial charge in [0.1, 0.15) is 0 Å². The summed E-state index contributed by atoms with van der Waals surface area (Å²) < 4.78 is 5.12. The van der Waals surface area contributed by atoms with Gasteiger partial charge in [0.15, 0.2) is 6.61 Å². The normalized spacial score (nSPS) is 16.2. The van der Waals surface area contributed by atoms with E-state index in [0.717, 1.165) is 11.1 Å². The zero-order valence-electron chi connectivity index (χ0n) is 15.7. The van der Waals surface area contributed by atoms with Crippen molar-refractivity contribution < 1.29 is 19.1 Å². The van der Waals surface area contributed by atoms with E-state index in [1.807, 2.05) is 32.0 Å². The predicted octanol–water partition coefficient (Wildman–Crippen LogP) is 3.49. The van der Waals surface area contributed by atoms with Crippen molar-refractivity contribution in [3.05, 3.63) is 58.6 Å². The van der Waals surface area contributed by atoms with Gasteiger partial charge >= 0.3 is 5.97 Å². The molecule has 0 saturated carbocycles. The highest BCUT2D eigenvalue weighted by atomic mass is 35.5. The first-order valence-electron chi connectivity index (χ1n) is 8.93. The molecule has 1 atom stereocenters. The van der Waals surface area contributed by atoms with Gasteiger partial charge in [-0.25, -0.2) is 0 Å². The number of ether oxygens (including phenoxy) is 1. The maximum Gasteiger partial charge on any atom is 0.311 e. The van der Waals surface area contributed by atoms with E-state index in [9.17, 15) is 14.4 Å². The summed E-state index contributed by atoms with van der Waals surface area (Å²) in [7, 11) is 0. The highest BCUT2D eigenvalue weighted by Gasteiger charge is 2.37. The minimum absolute atomic E-state index is 0.0305. The second-order valence-corrected chi connectivity index (χ2v) is 7.30. The second kappa shape index (κ2) is 8.44. The van der Waals surface area contributed by atoms with Crippen LogP contribution in [0, 0.1) is 19.8 Å². The van der Waals surface area contributed by atoms with Crippen LogP contribution in [0.5, 0.6) is 0 Å². The van der Waals surface area contributed by atoms with Crippen LogP contribution in [0.3, 0.4) is 0 Å². The van der Waals surface area contributed by atoms with Gasteiger partial charge in [-0.3, -0.25) is 14.4 Å². The summed E-state index contributed by atoms with van der Waals surface area (Å²) in [6.45, 7) is 3.65. The number of nitrogens with one attached hydrogen (secondary N) is 1. The van der Waals surface area contributed by atoms with Gasteiger partial charge in [-0.15, -0.1) is 0 Å². The van der Waals surface area contributed by atoms with Gasteiger partial charge in [0, 0.05) is 18.7 Å².